The Morgan fingerprint density at radius 1 is 1.29 bits per heavy atom. The van der Waals surface area contributed by atoms with Crippen LogP contribution in [-0.4, -0.2) is 6.43 Å². The Hall–Kier alpha value is -1.10. The Morgan fingerprint density at radius 2 is 1.86 bits per heavy atom. The van der Waals surface area contributed by atoms with Crippen molar-refractivity contribution in [2.75, 3.05) is 0 Å². The molecule has 0 fully saturated rings. The SMILES string of the molecule is CC(N)(c1ccc(F)cc1F)C(F)F. The first-order chi connectivity index (χ1) is 6.35. The van der Waals surface area contributed by atoms with Crippen LogP contribution in [0.15, 0.2) is 18.2 Å². The van der Waals surface area contributed by atoms with E-state index in [1.54, 1.807) is 0 Å². The molecule has 1 atom stereocenters. The third-order valence-electron chi connectivity index (χ3n) is 1.96. The van der Waals surface area contributed by atoms with Gasteiger partial charge in [0.2, 0.25) is 0 Å². The predicted octanol–water partition coefficient (Wildman–Crippen LogP) is 2.40. The molecule has 0 aliphatic carbocycles. The monoisotopic (exact) mass is 207 g/mol. The fourth-order valence-electron chi connectivity index (χ4n) is 1.04. The van der Waals surface area contributed by atoms with E-state index in [1.807, 2.05) is 0 Å². The summed E-state index contributed by atoms with van der Waals surface area (Å²) in [5, 5.41) is 0. The van der Waals surface area contributed by atoms with Gasteiger partial charge in [0.05, 0.1) is 0 Å². The van der Waals surface area contributed by atoms with Crippen molar-refractivity contribution >= 4 is 0 Å². The molecule has 0 heterocycles. The minimum Gasteiger partial charge on any atom is -0.317 e. The highest BCUT2D eigenvalue weighted by atomic mass is 19.3. The molecule has 0 aromatic heterocycles. The summed E-state index contributed by atoms with van der Waals surface area (Å²) in [6, 6.07) is 2.35. The van der Waals surface area contributed by atoms with Crippen LogP contribution in [0.25, 0.3) is 0 Å². The van der Waals surface area contributed by atoms with Crippen molar-refractivity contribution in [3.8, 4) is 0 Å². The van der Waals surface area contributed by atoms with Crippen LogP contribution in [0.4, 0.5) is 17.6 Å². The highest BCUT2D eigenvalue weighted by Crippen LogP contribution is 2.27. The van der Waals surface area contributed by atoms with Gasteiger partial charge in [0.25, 0.3) is 6.43 Å². The van der Waals surface area contributed by atoms with E-state index in [1.165, 1.54) is 0 Å². The van der Waals surface area contributed by atoms with Crippen molar-refractivity contribution in [1.29, 1.82) is 0 Å². The molecule has 0 saturated heterocycles. The van der Waals surface area contributed by atoms with E-state index >= 15 is 0 Å². The van der Waals surface area contributed by atoms with Gasteiger partial charge >= 0.3 is 0 Å². The lowest BCUT2D eigenvalue weighted by Crippen LogP contribution is -2.41. The largest absolute Gasteiger partial charge is 0.317 e. The zero-order valence-electron chi connectivity index (χ0n) is 7.40. The van der Waals surface area contributed by atoms with Crippen LogP contribution in [0.1, 0.15) is 12.5 Å². The van der Waals surface area contributed by atoms with Crippen LogP contribution in [0.2, 0.25) is 0 Å². The van der Waals surface area contributed by atoms with Crippen molar-refractivity contribution < 1.29 is 17.6 Å². The second-order valence-electron chi connectivity index (χ2n) is 3.21. The van der Waals surface area contributed by atoms with Gasteiger partial charge in [-0.05, 0) is 13.0 Å². The Kier molecular flexibility index (Phi) is 2.80. The fraction of sp³-hybridized carbons (Fsp3) is 0.333. The van der Waals surface area contributed by atoms with Crippen molar-refractivity contribution in [3.63, 3.8) is 0 Å². The van der Waals surface area contributed by atoms with E-state index in [4.69, 9.17) is 5.73 Å². The quantitative estimate of drug-likeness (QED) is 0.740. The maximum atomic E-state index is 13.1. The van der Waals surface area contributed by atoms with Gasteiger partial charge < -0.3 is 5.73 Å². The molecule has 0 bridgehead atoms. The van der Waals surface area contributed by atoms with E-state index in [0.717, 1.165) is 19.1 Å². The van der Waals surface area contributed by atoms with Gasteiger partial charge in [-0.2, -0.15) is 0 Å². The number of hydrogen-bond acceptors (Lipinski definition) is 1. The standard InChI is InChI=1S/C9H9F4N/c1-9(14,8(12)13)6-3-2-5(10)4-7(6)11/h2-4,8H,14H2,1H3. The molecule has 0 aliphatic rings. The van der Waals surface area contributed by atoms with Crippen LogP contribution < -0.4 is 5.73 Å². The summed E-state index contributed by atoms with van der Waals surface area (Å²) in [5.41, 5.74) is 2.73. The molecule has 0 radical (unpaired) electrons. The van der Waals surface area contributed by atoms with E-state index < -0.39 is 29.2 Å². The first-order valence-corrected chi connectivity index (χ1v) is 3.88. The van der Waals surface area contributed by atoms with Gasteiger partial charge in [0.15, 0.2) is 0 Å². The first-order valence-electron chi connectivity index (χ1n) is 3.88. The number of nitrogens with two attached hydrogens (primary N) is 1. The fourth-order valence-corrected chi connectivity index (χ4v) is 1.04. The summed E-state index contributed by atoms with van der Waals surface area (Å²) < 4.78 is 50.3. The smallest absolute Gasteiger partial charge is 0.260 e. The van der Waals surface area contributed by atoms with Gasteiger partial charge in [-0.3, -0.25) is 0 Å². The van der Waals surface area contributed by atoms with Crippen molar-refractivity contribution in [2.45, 2.75) is 18.9 Å². The molecule has 1 rings (SSSR count). The first kappa shape index (κ1) is 11.0. The summed E-state index contributed by atoms with van der Waals surface area (Å²) >= 11 is 0. The molecular weight excluding hydrogens is 198 g/mol. The van der Waals surface area contributed by atoms with Crippen molar-refractivity contribution in [2.24, 2.45) is 5.73 Å². The van der Waals surface area contributed by atoms with Gasteiger partial charge in [-0.15, -0.1) is 0 Å². The Bertz CT molecular complexity index is 336. The van der Waals surface area contributed by atoms with Gasteiger partial charge in [0.1, 0.15) is 17.2 Å². The number of halogens is 4. The topological polar surface area (TPSA) is 26.0 Å². The highest BCUT2D eigenvalue weighted by Gasteiger charge is 2.34. The van der Waals surface area contributed by atoms with E-state index in [9.17, 15) is 17.6 Å². The molecular formula is C9H9F4N. The van der Waals surface area contributed by atoms with Crippen molar-refractivity contribution in [1.82, 2.24) is 0 Å². The molecule has 0 aliphatic heterocycles. The summed E-state index contributed by atoms with van der Waals surface area (Å²) in [4.78, 5) is 0. The summed E-state index contributed by atoms with van der Waals surface area (Å²) in [5.74, 6) is -1.88. The predicted molar refractivity (Wildman–Crippen MR) is 43.9 cm³/mol. The average molecular weight is 207 g/mol. The van der Waals surface area contributed by atoms with Crippen LogP contribution in [-0.2, 0) is 5.54 Å². The second kappa shape index (κ2) is 3.57. The summed E-state index contributed by atoms with van der Waals surface area (Å²) in [7, 11) is 0. The van der Waals surface area contributed by atoms with Crippen LogP contribution in [0.3, 0.4) is 0 Å². The minimum atomic E-state index is -2.91. The lowest BCUT2D eigenvalue weighted by atomic mass is 9.93. The number of rotatable bonds is 2. The molecule has 0 saturated carbocycles. The molecule has 1 unspecified atom stereocenters. The average Bonchev–Trinajstić information content (AvgIpc) is 2.02. The molecule has 1 aromatic carbocycles. The Labute approximate surface area is 78.5 Å². The van der Waals surface area contributed by atoms with Crippen LogP contribution >= 0.6 is 0 Å². The third-order valence-corrected chi connectivity index (χ3v) is 1.96. The lowest BCUT2D eigenvalue weighted by molar-refractivity contribution is 0.0604. The van der Waals surface area contributed by atoms with E-state index in [2.05, 4.69) is 0 Å². The normalized spacial score (nSPS) is 15.6. The van der Waals surface area contributed by atoms with Crippen LogP contribution in [0.5, 0.6) is 0 Å². The summed E-state index contributed by atoms with van der Waals surface area (Å²) in [6.07, 6.45) is -2.91. The third kappa shape index (κ3) is 1.87. The molecule has 0 spiro atoms. The second-order valence-corrected chi connectivity index (χ2v) is 3.21. The Balaban J connectivity index is 3.19. The lowest BCUT2D eigenvalue weighted by Gasteiger charge is -2.24. The van der Waals surface area contributed by atoms with Crippen molar-refractivity contribution in [3.05, 3.63) is 35.4 Å². The minimum absolute atomic E-state index is 0.395. The molecule has 1 nitrogen and oxygen atoms in total. The van der Waals surface area contributed by atoms with E-state index in [-0.39, 0.29) is 0 Å². The zero-order valence-corrected chi connectivity index (χ0v) is 7.40. The van der Waals surface area contributed by atoms with Crippen LogP contribution in [0, 0.1) is 11.6 Å². The Morgan fingerprint density at radius 3 is 2.29 bits per heavy atom. The van der Waals surface area contributed by atoms with Gasteiger partial charge in [-0.1, -0.05) is 6.07 Å². The molecule has 78 valence electrons. The molecule has 2 N–H and O–H groups in total. The maximum absolute atomic E-state index is 13.1. The number of benzene rings is 1. The zero-order chi connectivity index (χ0) is 10.9. The molecule has 0 amide bonds. The molecule has 5 heteroatoms. The molecule has 14 heavy (non-hydrogen) atoms. The van der Waals surface area contributed by atoms with Gasteiger partial charge in [0, 0.05) is 11.6 Å². The number of hydrogen-bond donors (Lipinski definition) is 1. The maximum Gasteiger partial charge on any atom is 0.260 e. The molecule has 1 aromatic rings. The summed E-state index contributed by atoms with van der Waals surface area (Å²) in [6.45, 7) is 0.994. The van der Waals surface area contributed by atoms with E-state index in [0.29, 0.717) is 6.07 Å². The number of alkyl halides is 2. The van der Waals surface area contributed by atoms with Gasteiger partial charge in [-0.25, -0.2) is 17.6 Å². The highest BCUT2D eigenvalue weighted by molar-refractivity contribution is 5.26.